The largest absolute Gasteiger partial charge is 0.497 e. The zero-order valence-corrected chi connectivity index (χ0v) is 14.3. The van der Waals surface area contributed by atoms with Crippen LogP contribution in [0.5, 0.6) is 5.75 Å². The van der Waals surface area contributed by atoms with Crippen molar-refractivity contribution in [3.63, 3.8) is 0 Å². The van der Waals surface area contributed by atoms with Gasteiger partial charge in [-0.05, 0) is 36.2 Å². The normalized spacial score (nSPS) is 17.3. The van der Waals surface area contributed by atoms with E-state index in [0.717, 1.165) is 30.0 Å². The summed E-state index contributed by atoms with van der Waals surface area (Å²) < 4.78 is 5.24. The average molecular weight is 327 g/mol. The lowest BCUT2D eigenvalue weighted by atomic mass is 10.1. The molecule has 0 N–H and O–H groups in total. The molecule has 0 bridgehead atoms. The first-order valence-electron chi connectivity index (χ1n) is 7.86. The van der Waals surface area contributed by atoms with Crippen molar-refractivity contribution in [1.29, 1.82) is 0 Å². The van der Waals surface area contributed by atoms with E-state index in [2.05, 4.69) is 13.0 Å². The number of hydrogen-bond donors (Lipinski definition) is 0. The molecule has 120 valence electrons. The van der Waals surface area contributed by atoms with Crippen LogP contribution in [-0.2, 0) is 11.2 Å². The Balaban J connectivity index is 1.84. The van der Waals surface area contributed by atoms with Crippen molar-refractivity contribution >= 4 is 23.4 Å². The summed E-state index contributed by atoms with van der Waals surface area (Å²) in [5, 5.41) is 0.519. The highest BCUT2D eigenvalue weighted by molar-refractivity contribution is 8.00. The number of carbonyl (C=O) groups excluding carboxylic acids is 1. The molecular weight excluding hydrogens is 306 g/mol. The first-order chi connectivity index (χ1) is 11.2. The lowest BCUT2D eigenvalue weighted by molar-refractivity contribution is -0.118. The number of amides is 1. The van der Waals surface area contributed by atoms with Gasteiger partial charge in [0, 0.05) is 16.7 Å². The predicted molar refractivity (Wildman–Crippen MR) is 95.4 cm³/mol. The minimum atomic E-state index is 0.139. The minimum absolute atomic E-state index is 0.139. The Hall–Kier alpha value is -1.94. The highest BCUT2D eigenvalue weighted by Gasteiger charge is 2.24. The molecule has 2 aromatic carbocycles. The van der Waals surface area contributed by atoms with E-state index in [1.807, 2.05) is 59.1 Å². The van der Waals surface area contributed by atoms with Crippen molar-refractivity contribution in [2.24, 2.45) is 0 Å². The number of methoxy groups -OCH3 is 1. The summed E-state index contributed by atoms with van der Waals surface area (Å²) in [6.07, 6.45) is 1.40. The molecule has 3 rings (SSSR count). The van der Waals surface area contributed by atoms with Crippen LogP contribution in [-0.4, -0.2) is 24.8 Å². The zero-order chi connectivity index (χ0) is 16.2. The van der Waals surface area contributed by atoms with E-state index in [-0.39, 0.29) is 5.91 Å². The molecule has 3 nitrogen and oxygen atoms in total. The third kappa shape index (κ3) is 3.70. The van der Waals surface area contributed by atoms with Gasteiger partial charge in [-0.2, -0.15) is 0 Å². The third-order valence-corrected chi connectivity index (χ3v) is 5.27. The van der Waals surface area contributed by atoms with Crippen LogP contribution >= 0.6 is 11.8 Å². The number of carbonyl (C=O) groups is 1. The number of benzene rings is 2. The van der Waals surface area contributed by atoms with Crippen LogP contribution in [0, 0.1) is 0 Å². The molecule has 23 heavy (non-hydrogen) atoms. The van der Waals surface area contributed by atoms with E-state index < -0.39 is 0 Å². The van der Waals surface area contributed by atoms with Gasteiger partial charge < -0.3 is 9.64 Å². The molecule has 0 fully saturated rings. The Morgan fingerprint density at radius 2 is 2.09 bits per heavy atom. The molecule has 1 atom stereocenters. The second kappa shape index (κ2) is 7.09. The van der Waals surface area contributed by atoms with Crippen LogP contribution in [0.3, 0.4) is 0 Å². The Morgan fingerprint density at radius 1 is 1.26 bits per heavy atom. The maximum Gasteiger partial charge on any atom is 0.231 e. The molecule has 1 amide bonds. The Labute approximate surface area is 141 Å². The van der Waals surface area contributed by atoms with Gasteiger partial charge in [-0.25, -0.2) is 0 Å². The van der Waals surface area contributed by atoms with Gasteiger partial charge in [-0.1, -0.05) is 31.2 Å². The molecule has 1 aliphatic rings. The fraction of sp³-hybridized carbons (Fsp3) is 0.316. The smallest absolute Gasteiger partial charge is 0.231 e. The summed E-state index contributed by atoms with van der Waals surface area (Å²) >= 11 is 1.85. The number of para-hydroxylation sites is 1. The number of rotatable bonds is 3. The maximum absolute atomic E-state index is 12.9. The summed E-state index contributed by atoms with van der Waals surface area (Å²) in [5.41, 5.74) is 2.02. The highest BCUT2D eigenvalue weighted by Crippen LogP contribution is 2.37. The SMILES string of the molecule is COc1cccc(CC(=O)N2CCC(C)Sc3ccccc32)c1. The van der Waals surface area contributed by atoms with E-state index >= 15 is 0 Å². The Morgan fingerprint density at radius 3 is 2.91 bits per heavy atom. The van der Waals surface area contributed by atoms with Crippen molar-refractivity contribution in [3.8, 4) is 5.75 Å². The minimum Gasteiger partial charge on any atom is -0.497 e. The Kier molecular flexibility index (Phi) is 4.91. The van der Waals surface area contributed by atoms with Gasteiger partial charge in [0.05, 0.1) is 19.2 Å². The molecular formula is C19H21NO2S. The van der Waals surface area contributed by atoms with Crippen molar-refractivity contribution < 1.29 is 9.53 Å². The molecule has 0 radical (unpaired) electrons. The van der Waals surface area contributed by atoms with Crippen LogP contribution in [0.2, 0.25) is 0 Å². The van der Waals surface area contributed by atoms with Crippen molar-refractivity contribution in [2.75, 3.05) is 18.6 Å². The molecule has 1 heterocycles. The number of anilines is 1. The monoisotopic (exact) mass is 327 g/mol. The molecule has 1 aliphatic heterocycles. The fourth-order valence-corrected chi connectivity index (χ4v) is 3.91. The van der Waals surface area contributed by atoms with E-state index in [4.69, 9.17) is 4.74 Å². The van der Waals surface area contributed by atoms with Crippen molar-refractivity contribution in [2.45, 2.75) is 29.9 Å². The zero-order valence-electron chi connectivity index (χ0n) is 13.5. The van der Waals surface area contributed by atoms with Gasteiger partial charge >= 0.3 is 0 Å². The molecule has 1 unspecified atom stereocenters. The quantitative estimate of drug-likeness (QED) is 0.848. The summed E-state index contributed by atoms with van der Waals surface area (Å²) in [4.78, 5) is 16.0. The van der Waals surface area contributed by atoms with Gasteiger partial charge in [0.25, 0.3) is 0 Å². The third-order valence-electron chi connectivity index (χ3n) is 4.03. The van der Waals surface area contributed by atoms with Crippen LogP contribution in [0.1, 0.15) is 18.9 Å². The second-order valence-electron chi connectivity index (χ2n) is 5.76. The fourth-order valence-electron chi connectivity index (χ4n) is 2.80. The number of hydrogen-bond acceptors (Lipinski definition) is 3. The van der Waals surface area contributed by atoms with Gasteiger partial charge in [0.1, 0.15) is 5.75 Å². The lowest BCUT2D eigenvalue weighted by Crippen LogP contribution is -2.33. The second-order valence-corrected chi connectivity index (χ2v) is 7.24. The van der Waals surface area contributed by atoms with Gasteiger partial charge in [-0.3, -0.25) is 4.79 Å². The topological polar surface area (TPSA) is 29.5 Å². The van der Waals surface area contributed by atoms with Crippen molar-refractivity contribution in [3.05, 3.63) is 54.1 Å². The first-order valence-corrected chi connectivity index (χ1v) is 8.74. The van der Waals surface area contributed by atoms with Crippen LogP contribution in [0.4, 0.5) is 5.69 Å². The molecule has 0 aliphatic carbocycles. The summed E-state index contributed by atoms with van der Waals surface area (Å²) in [7, 11) is 1.64. The summed E-state index contributed by atoms with van der Waals surface area (Å²) in [6, 6.07) is 15.9. The number of thioether (sulfide) groups is 1. The van der Waals surface area contributed by atoms with Crippen molar-refractivity contribution in [1.82, 2.24) is 0 Å². The van der Waals surface area contributed by atoms with Crippen LogP contribution in [0.15, 0.2) is 53.4 Å². The maximum atomic E-state index is 12.9. The van der Waals surface area contributed by atoms with E-state index in [1.165, 1.54) is 4.90 Å². The van der Waals surface area contributed by atoms with Crippen LogP contribution in [0.25, 0.3) is 0 Å². The molecule has 0 saturated heterocycles. The standard InChI is InChI=1S/C19H21NO2S/c1-14-10-11-20(17-8-3-4-9-18(17)23-14)19(21)13-15-6-5-7-16(12-15)22-2/h3-9,12,14H,10-11,13H2,1-2H3. The molecule has 0 spiro atoms. The predicted octanol–water partition coefficient (Wildman–Crippen LogP) is 4.16. The van der Waals surface area contributed by atoms with Crippen LogP contribution < -0.4 is 9.64 Å². The molecule has 4 heteroatoms. The number of ether oxygens (including phenoxy) is 1. The van der Waals surface area contributed by atoms with Gasteiger partial charge in [0.15, 0.2) is 0 Å². The van der Waals surface area contributed by atoms with E-state index in [0.29, 0.717) is 11.7 Å². The summed E-state index contributed by atoms with van der Waals surface area (Å²) in [6.45, 7) is 2.99. The number of fused-ring (bicyclic) bond motifs is 1. The van der Waals surface area contributed by atoms with Gasteiger partial charge in [-0.15, -0.1) is 11.8 Å². The lowest BCUT2D eigenvalue weighted by Gasteiger charge is -2.22. The first kappa shape index (κ1) is 15.9. The molecule has 0 aromatic heterocycles. The number of nitrogens with zero attached hydrogens (tertiary/aromatic N) is 1. The van der Waals surface area contributed by atoms with E-state index in [9.17, 15) is 4.79 Å². The average Bonchev–Trinajstić information content (AvgIpc) is 2.73. The van der Waals surface area contributed by atoms with E-state index in [1.54, 1.807) is 7.11 Å². The molecule has 2 aromatic rings. The summed E-state index contributed by atoms with van der Waals surface area (Å²) in [5.74, 6) is 0.927. The molecule has 0 saturated carbocycles. The van der Waals surface area contributed by atoms with Gasteiger partial charge in [0.2, 0.25) is 5.91 Å². The Bertz CT molecular complexity index is 701. The highest BCUT2D eigenvalue weighted by atomic mass is 32.2.